The van der Waals surface area contributed by atoms with Crippen molar-refractivity contribution in [3.8, 4) is 0 Å². The average Bonchev–Trinajstić information content (AvgIpc) is 3.41. The Bertz CT molecular complexity index is 1780. The number of carbonyl (C=O) groups is 3. The summed E-state index contributed by atoms with van der Waals surface area (Å²) in [6.45, 7) is 4.21. The van der Waals surface area contributed by atoms with Crippen LogP contribution in [0.2, 0.25) is 0 Å². The van der Waals surface area contributed by atoms with E-state index in [9.17, 15) is 28.9 Å². The maximum atomic E-state index is 12.9. The minimum absolute atomic E-state index is 0.0167. The maximum absolute atomic E-state index is 12.9. The van der Waals surface area contributed by atoms with Crippen molar-refractivity contribution < 1.29 is 52.2 Å². The van der Waals surface area contributed by atoms with E-state index in [4.69, 9.17) is 23.3 Å². The summed E-state index contributed by atoms with van der Waals surface area (Å²) in [7, 11) is -4.79. The van der Waals surface area contributed by atoms with Crippen molar-refractivity contribution in [1.82, 2.24) is 0 Å². The van der Waals surface area contributed by atoms with Crippen molar-refractivity contribution in [2.24, 2.45) is 0 Å². The molecule has 0 aliphatic carbocycles. The number of esters is 3. The zero-order chi connectivity index (χ0) is 55.5. The van der Waals surface area contributed by atoms with E-state index in [0.29, 0.717) is 25.7 Å². The molecular weight excluding hydrogens is 976 g/mol. The molecule has 0 aromatic carbocycles. The van der Waals surface area contributed by atoms with E-state index in [1.807, 2.05) is 24.3 Å². The minimum Gasteiger partial charge on any atom is -0.461 e. The normalized spacial score (nSPS) is 14.3. The van der Waals surface area contributed by atoms with Gasteiger partial charge >= 0.3 is 25.7 Å². The molecular formula is C64H103O11P. The number of ether oxygens (including phenoxy) is 3. The van der Waals surface area contributed by atoms with Crippen LogP contribution in [0.15, 0.2) is 134 Å². The predicted molar refractivity (Wildman–Crippen MR) is 316 cm³/mol. The van der Waals surface area contributed by atoms with Gasteiger partial charge in [0.1, 0.15) is 12.7 Å². The number of carbonyl (C=O) groups excluding carboxylic acids is 3. The average molecular weight is 1080 g/mol. The van der Waals surface area contributed by atoms with Crippen LogP contribution in [0, 0.1) is 0 Å². The van der Waals surface area contributed by atoms with Gasteiger partial charge in [-0.2, -0.15) is 0 Å². The highest BCUT2D eigenvalue weighted by Gasteiger charge is 2.28. The van der Waals surface area contributed by atoms with E-state index in [1.54, 1.807) is 6.08 Å². The smallest absolute Gasteiger partial charge is 0.461 e. The van der Waals surface area contributed by atoms with Crippen molar-refractivity contribution in [2.45, 2.75) is 226 Å². The van der Waals surface area contributed by atoms with E-state index in [2.05, 4.69) is 124 Å². The summed E-state index contributed by atoms with van der Waals surface area (Å²) >= 11 is 0. The summed E-state index contributed by atoms with van der Waals surface area (Å²) in [4.78, 5) is 48.5. The van der Waals surface area contributed by atoms with Crippen LogP contribution in [0.25, 0.3) is 0 Å². The number of phosphoric acid groups is 1. The maximum Gasteiger partial charge on any atom is 0.472 e. The Labute approximate surface area is 461 Å². The molecule has 3 atom stereocenters. The van der Waals surface area contributed by atoms with Crippen LogP contribution >= 0.6 is 7.82 Å². The first kappa shape index (κ1) is 71.6. The van der Waals surface area contributed by atoms with Crippen molar-refractivity contribution in [3.63, 3.8) is 0 Å². The van der Waals surface area contributed by atoms with Gasteiger partial charge in [-0.1, -0.05) is 244 Å². The fraction of sp³-hybridized carbons (Fsp3) is 0.609. The van der Waals surface area contributed by atoms with Crippen molar-refractivity contribution in [1.29, 1.82) is 0 Å². The lowest BCUT2D eigenvalue weighted by Crippen LogP contribution is -2.30. The van der Waals surface area contributed by atoms with Crippen LogP contribution in [0.5, 0.6) is 0 Å². The lowest BCUT2D eigenvalue weighted by atomic mass is 10.0. The standard InChI is InChI=1S/C64H103O11P/c1-4-7-10-13-16-19-22-25-28-29-30-31-34-37-40-43-46-49-52-55-64(68)75-61(57-71-62(66)53-50-47-44-41-38-35-32-26-23-20-17-14-11-8-5-2)59-73-76(69,70)72-58-60(56-65)74-63(67)54-51-48-45-42-39-36-33-27-24-21-18-15-12-9-6-3/h7-8,10-11,16-17,19-20,25-26,28,30-32,37-38,40-41,46-47,49-50,60-61,65H,4-6,9,12-15,18,21-24,27,29,33-36,39,42-45,48,51-59H2,1-3H3,(H,69,70)/b10-7-,11-8-,19-16-,20-17-,28-25-,31-30-,32-26-,40-37-,41-38-,49-46-,50-47-. The number of aliphatic hydroxyl groups is 1. The van der Waals surface area contributed by atoms with Gasteiger partial charge in [0.05, 0.1) is 26.2 Å². The van der Waals surface area contributed by atoms with Crippen molar-refractivity contribution >= 4 is 25.7 Å². The summed E-state index contributed by atoms with van der Waals surface area (Å²) < 4.78 is 39.3. The molecule has 2 N–H and O–H groups in total. The van der Waals surface area contributed by atoms with Gasteiger partial charge in [-0.3, -0.25) is 23.4 Å². The zero-order valence-corrected chi connectivity index (χ0v) is 48.3. The molecule has 0 saturated heterocycles. The fourth-order valence-corrected chi connectivity index (χ4v) is 8.06. The summed E-state index contributed by atoms with van der Waals surface area (Å²) in [6, 6.07) is 0. The van der Waals surface area contributed by atoms with Gasteiger partial charge in [0.2, 0.25) is 0 Å². The molecule has 76 heavy (non-hydrogen) atoms. The Morgan fingerprint density at radius 2 is 0.724 bits per heavy atom. The van der Waals surface area contributed by atoms with Crippen LogP contribution < -0.4 is 0 Å². The second-order valence-electron chi connectivity index (χ2n) is 18.7. The molecule has 12 heteroatoms. The van der Waals surface area contributed by atoms with E-state index in [-0.39, 0.29) is 19.3 Å². The van der Waals surface area contributed by atoms with Crippen LogP contribution in [-0.2, 0) is 42.2 Å². The third-order valence-electron chi connectivity index (χ3n) is 11.6. The number of rotatable bonds is 52. The largest absolute Gasteiger partial charge is 0.472 e. The van der Waals surface area contributed by atoms with Gasteiger partial charge < -0.3 is 24.2 Å². The van der Waals surface area contributed by atoms with E-state index >= 15 is 0 Å². The predicted octanol–water partition coefficient (Wildman–Crippen LogP) is 17.4. The van der Waals surface area contributed by atoms with Gasteiger partial charge in [-0.05, 0) is 83.5 Å². The number of allylic oxidation sites excluding steroid dienone is 21. The van der Waals surface area contributed by atoms with E-state index < -0.39 is 64.4 Å². The second-order valence-corrected chi connectivity index (χ2v) is 20.2. The van der Waals surface area contributed by atoms with E-state index in [1.165, 1.54) is 70.6 Å². The Kier molecular flexibility index (Phi) is 53.5. The monoisotopic (exact) mass is 1080 g/mol. The van der Waals surface area contributed by atoms with Crippen LogP contribution in [-0.4, -0.2) is 66.5 Å². The Morgan fingerprint density at radius 3 is 1.12 bits per heavy atom. The molecule has 0 fully saturated rings. The third-order valence-corrected chi connectivity index (χ3v) is 12.6. The first-order valence-electron chi connectivity index (χ1n) is 29.1. The van der Waals surface area contributed by atoms with Crippen molar-refractivity contribution in [3.05, 3.63) is 134 Å². The third kappa shape index (κ3) is 54.4. The molecule has 0 aromatic heterocycles. The molecule has 0 spiro atoms. The highest BCUT2D eigenvalue weighted by molar-refractivity contribution is 7.47. The molecule has 0 aliphatic rings. The molecule has 0 rings (SSSR count). The van der Waals surface area contributed by atoms with Crippen LogP contribution in [0.3, 0.4) is 0 Å². The topological polar surface area (TPSA) is 155 Å². The van der Waals surface area contributed by atoms with Crippen molar-refractivity contribution in [2.75, 3.05) is 26.4 Å². The number of hydrogen-bond donors (Lipinski definition) is 2. The number of unbranched alkanes of at least 4 members (excludes halogenated alkanes) is 14. The quantitative estimate of drug-likeness (QED) is 0.0197. The molecule has 0 saturated carbocycles. The highest BCUT2D eigenvalue weighted by Crippen LogP contribution is 2.43. The molecule has 0 radical (unpaired) electrons. The van der Waals surface area contributed by atoms with Gasteiger partial charge in [0, 0.05) is 12.8 Å². The lowest BCUT2D eigenvalue weighted by molar-refractivity contribution is -0.160. The number of hydrogen-bond acceptors (Lipinski definition) is 10. The van der Waals surface area contributed by atoms with Gasteiger partial charge in [0.25, 0.3) is 0 Å². The van der Waals surface area contributed by atoms with Gasteiger partial charge in [-0.25, -0.2) is 4.57 Å². The Morgan fingerprint density at radius 1 is 0.395 bits per heavy atom. The van der Waals surface area contributed by atoms with Crippen LogP contribution in [0.1, 0.15) is 213 Å². The summed E-state index contributed by atoms with van der Waals surface area (Å²) in [5.74, 6) is -1.73. The first-order chi connectivity index (χ1) is 37.2. The minimum atomic E-state index is -4.79. The summed E-state index contributed by atoms with van der Waals surface area (Å²) in [5.41, 5.74) is 0. The molecule has 0 amide bonds. The van der Waals surface area contributed by atoms with Gasteiger partial charge in [0.15, 0.2) is 6.10 Å². The summed E-state index contributed by atoms with van der Waals surface area (Å²) in [5, 5.41) is 9.82. The Hall–Kier alpha value is -4.38. The molecule has 0 aromatic rings. The molecule has 3 unspecified atom stereocenters. The lowest BCUT2D eigenvalue weighted by Gasteiger charge is -2.21. The first-order valence-corrected chi connectivity index (χ1v) is 30.6. The SMILES string of the molecule is CC/C=C\C/C=C\C/C=C\C/C=C\C/C=C\C/C=C\CCC(=O)OC(COC(=O)C/C=C\C/C=C\C/C=C\C/C=C\C/C=C\CC)COP(=O)(O)OCC(CO)OC(=O)CCCCCCCCCCCCCCCCC. The number of aliphatic hydroxyl groups excluding tert-OH is 1. The second kappa shape index (κ2) is 56.8. The molecule has 430 valence electrons. The molecule has 0 aliphatic heterocycles. The molecule has 0 bridgehead atoms. The molecule has 11 nitrogen and oxygen atoms in total. The van der Waals surface area contributed by atoms with E-state index in [0.717, 1.165) is 77.0 Å². The Balaban J connectivity index is 4.93. The fourth-order valence-electron chi connectivity index (χ4n) is 7.28. The highest BCUT2D eigenvalue weighted by atomic mass is 31.2. The van der Waals surface area contributed by atoms with Crippen LogP contribution in [0.4, 0.5) is 0 Å². The van der Waals surface area contributed by atoms with Gasteiger partial charge in [-0.15, -0.1) is 0 Å². The summed E-state index contributed by atoms with van der Waals surface area (Å²) in [6.07, 6.45) is 71.7. The molecule has 0 heterocycles. The zero-order valence-electron chi connectivity index (χ0n) is 47.4. The number of phosphoric ester groups is 1.